The van der Waals surface area contributed by atoms with Crippen molar-refractivity contribution in [2.75, 3.05) is 0 Å². The largest absolute Gasteiger partial charge is 0.507 e. The second kappa shape index (κ2) is 10.2. The van der Waals surface area contributed by atoms with Gasteiger partial charge in [-0.25, -0.2) is 0 Å². The monoisotopic (exact) mass is 530 g/mol. The Morgan fingerprint density at radius 2 is 0.667 bits per heavy atom. The second-order valence-corrected chi connectivity index (χ2v) is 15.4. The van der Waals surface area contributed by atoms with Crippen molar-refractivity contribution in [3.05, 3.63) is 87.0 Å². The summed E-state index contributed by atoms with van der Waals surface area (Å²) in [5, 5.41) is 33.2. The molecule has 3 aromatic carbocycles. The van der Waals surface area contributed by atoms with E-state index in [0.717, 1.165) is 11.1 Å². The molecule has 0 saturated heterocycles. The zero-order valence-corrected chi connectivity index (χ0v) is 26.3. The maximum absolute atomic E-state index is 11.5. The molecule has 0 unspecified atom stereocenters. The first kappa shape index (κ1) is 30.6. The Morgan fingerprint density at radius 3 is 0.897 bits per heavy atom. The van der Waals surface area contributed by atoms with Crippen LogP contribution >= 0.6 is 0 Å². The molecule has 0 aliphatic carbocycles. The molecular weight excluding hydrogens is 480 g/mol. The van der Waals surface area contributed by atoms with Gasteiger partial charge in [0.15, 0.2) is 0 Å². The van der Waals surface area contributed by atoms with Gasteiger partial charge in [-0.05, 0) is 55.0 Å². The van der Waals surface area contributed by atoms with Crippen LogP contribution in [-0.2, 0) is 34.5 Å². The van der Waals surface area contributed by atoms with Gasteiger partial charge >= 0.3 is 0 Å². The number of aromatic hydroxyl groups is 3. The highest BCUT2D eigenvalue weighted by Crippen LogP contribution is 2.41. The van der Waals surface area contributed by atoms with E-state index in [2.05, 4.69) is 119 Å². The Bertz CT molecular complexity index is 1180. The maximum Gasteiger partial charge on any atom is 0.130 e. The van der Waals surface area contributed by atoms with E-state index in [1.54, 1.807) is 0 Å². The standard InChI is InChI=1S/C36H50O3/c1-33(2,3)24-13-22(14-25(19-24)34(4,5)6)17-28-30(37)21-31(38)29(32(28)39)18-23-15-26(35(7,8)9)20-27(16-23)36(10,11)12/h13-16,19-21,37-39H,17-18H2,1-12H3. The first-order chi connectivity index (χ1) is 17.6. The number of phenols is 3. The molecule has 3 heteroatoms. The lowest BCUT2D eigenvalue weighted by Gasteiger charge is -2.27. The molecule has 3 nitrogen and oxygen atoms in total. The first-order valence-corrected chi connectivity index (χ1v) is 14.1. The molecule has 0 radical (unpaired) electrons. The van der Waals surface area contributed by atoms with E-state index in [9.17, 15) is 15.3 Å². The average Bonchev–Trinajstić information content (AvgIpc) is 2.76. The van der Waals surface area contributed by atoms with Crippen LogP contribution in [0.5, 0.6) is 17.2 Å². The molecule has 0 amide bonds. The quantitative estimate of drug-likeness (QED) is 0.315. The van der Waals surface area contributed by atoms with Gasteiger partial charge in [-0.2, -0.15) is 0 Å². The van der Waals surface area contributed by atoms with Crippen molar-refractivity contribution in [3.63, 3.8) is 0 Å². The minimum Gasteiger partial charge on any atom is -0.507 e. The first-order valence-electron chi connectivity index (χ1n) is 14.1. The lowest BCUT2D eigenvalue weighted by Crippen LogP contribution is -2.17. The van der Waals surface area contributed by atoms with Gasteiger partial charge in [0.1, 0.15) is 17.2 Å². The van der Waals surface area contributed by atoms with Crippen molar-refractivity contribution in [1.82, 2.24) is 0 Å². The Balaban J connectivity index is 2.13. The molecule has 39 heavy (non-hydrogen) atoms. The zero-order valence-electron chi connectivity index (χ0n) is 26.3. The molecule has 0 saturated carbocycles. The third-order valence-corrected chi connectivity index (χ3v) is 7.68. The van der Waals surface area contributed by atoms with Crippen LogP contribution in [0.4, 0.5) is 0 Å². The predicted molar refractivity (Wildman–Crippen MR) is 165 cm³/mol. The van der Waals surface area contributed by atoms with Crippen molar-refractivity contribution in [1.29, 1.82) is 0 Å². The van der Waals surface area contributed by atoms with Crippen molar-refractivity contribution in [2.45, 2.75) is 118 Å². The second-order valence-electron chi connectivity index (χ2n) is 15.4. The normalized spacial score (nSPS) is 13.1. The van der Waals surface area contributed by atoms with Crippen LogP contribution in [0.3, 0.4) is 0 Å². The summed E-state index contributed by atoms with van der Waals surface area (Å²) in [5.74, 6) is -0.221. The third-order valence-electron chi connectivity index (χ3n) is 7.68. The van der Waals surface area contributed by atoms with Crippen molar-refractivity contribution in [2.24, 2.45) is 0 Å². The topological polar surface area (TPSA) is 60.7 Å². The van der Waals surface area contributed by atoms with Gasteiger partial charge < -0.3 is 15.3 Å². The van der Waals surface area contributed by atoms with Crippen LogP contribution in [0.2, 0.25) is 0 Å². The smallest absolute Gasteiger partial charge is 0.130 e. The van der Waals surface area contributed by atoms with Crippen molar-refractivity contribution < 1.29 is 15.3 Å². The Morgan fingerprint density at radius 1 is 0.410 bits per heavy atom. The molecule has 0 aliphatic rings. The highest BCUT2D eigenvalue weighted by Gasteiger charge is 2.25. The van der Waals surface area contributed by atoms with E-state index in [1.165, 1.54) is 28.3 Å². The van der Waals surface area contributed by atoms with E-state index < -0.39 is 0 Å². The average molecular weight is 531 g/mol. The molecule has 0 bridgehead atoms. The van der Waals surface area contributed by atoms with E-state index >= 15 is 0 Å². The van der Waals surface area contributed by atoms with Crippen LogP contribution in [0.25, 0.3) is 0 Å². The maximum atomic E-state index is 11.5. The number of hydrogen-bond acceptors (Lipinski definition) is 3. The van der Waals surface area contributed by atoms with Gasteiger partial charge in [0.05, 0.1) is 0 Å². The van der Waals surface area contributed by atoms with Crippen LogP contribution in [0.15, 0.2) is 42.5 Å². The van der Waals surface area contributed by atoms with Crippen LogP contribution in [0, 0.1) is 0 Å². The molecule has 3 N–H and O–H groups in total. The van der Waals surface area contributed by atoms with Crippen LogP contribution in [0.1, 0.15) is 128 Å². The van der Waals surface area contributed by atoms with Crippen molar-refractivity contribution >= 4 is 0 Å². The lowest BCUT2D eigenvalue weighted by atomic mass is 9.78. The molecule has 3 rings (SSSR count). The summed E-state index contributed by atoms with van der Waals surface area (Å²) in [6.07, 6.45) is 0.737. The molecule has 212 valence electrons. The number of phenolic OH excluding ortho intramolecular Hbond substituents is 3. The third kappa shape index (κ3) is 7.18. The van der Waals surface area contributed by atoms with Crippen molar-refractivity contribution in [3.8, 4) is 17.2 Å². The molecule has 0 fully saturated rings. The summed E-state index contributed by atoms with van der Waals surface area (Å²) in [7, 11) is 0. The summed E-state index contributed by atoms with van der Waals surface area (Å²) in [6.45, 7) is 26.4. The number of hydrogen-bond donors (Lipinski definition) is 3. The molecule has 0 aliphatic heterocycles. The minimum absolute atomic E-state index is 0.0376. The van der Waals surface area contributed by atoms with Gasteiger partial charge in [-0.15, -0.1) is 0 Å². The summed E-state index contributed by atoms with van der Waals surface area (Å²) in [5.41, 5.74) is 7.66. The fourth-order valence-electron chi connectivity index (χ4n) is 4.81. The summed E-state index contributed by atoms with van der Waals surface area (Å²) in [6, 6.07) is 14.6. The van der Waals surface area contributed by atoms with Gasteiger partial charge in [-0.3, -0.25) is 0 Å². The Hall–Kier alpha value is -2.94. The highest BCUT2D eigenvalue weighted by atomic mass is 16.3. The summed E-state index contributed by atoms with van der Waals surface area (Å²) >= 11 is 0. The van der Waals surface area contributed by atoms with Crippen LogP contribution in [-0.4, -0.2) is 15.3 Å². The molecule has 0 aromatic heterocycles. The predicted octanol–water partition coefficient (Wildman–Crippen LogP) is 9.18. The van der Waals surface area contributed by atoms with Gasteiger partial charge in [0.2, 0.25) is 0 Å². The highest BCUT2D eigenvalue weighted by molar-refractivity contribution is 5.59. The Labute approximate surface area is 236 Å². The summed E-state index contributed by atoms with van der Waals surface area (Å²) in [4.78, 5) is 0. The minimum atomic E-state index is -0.0916. The van der Waals surface area contributed by atoms with E-state index in [4.69, 9.17) is 0 Å². The zero-order chi connectivity index (χ0) is 29.7. The molecule has 0 spiro atoms. The van der Waals surface area contributed by atoms with Gasteiger partial charge in [0, 0.05) is 30.0 Å². The summed E-state index contributed by atoms with van der Waals surface area (Å²) < 4.78 is 0. The van der Waals surface area contributed by atoms with E-state index in [1.807, 2.05) is 0 Å². The Kier molecular flexibility index (Phi) is 8.02. The van der Waals surface area contributed by atoms with E-state index in [-0.39, 0.29) is 38.9 Å². The van der Waals surface area contributed by atoms with Gasteiger partial charge in [-0.1, -0.05) is 119 Å². The fraction of sp³-hybridized carbons (Fsp3) is 0.500. The SMILES string of the molecule is CC(C)(C)c1cc(Cc2c(O)cc(O)c(Cc3cc(C(C)(C)C)cc(C(C)(C)C)c3)c2O)cc(C(C)(C)C)c1. The number of benzene rings is 3. The lowest BCUT2D eigenvalue weighted by molar-refractivity contribution is 0.413. The molecule has 0 atom stereocenters. The fourth-order valence-corrected chi connectivity index (χ4v) is 4.81. The van der Waals surface area contributed by atoms with E-state index in [0.29, 0.717) is 24.0 Å². The molecular formula is C36H50O3. The van der Waals surface area contributed by atoms with Gasteiger partial charge in [0.25, 0.3) is 0 Å². The molecule has 3 aromatic rings. The number of rotatable bonds is 4. The molecule has 0 heterocycles. The van der Waals surface area contributed by atoms with Crippen LogP contribution < -0.4 is 0 Å².